The zero-order valence-corrected chi connectivity index (χ0v) is 13.4. The standard InChI is InChI=1S/C19H17FN2O3/c1-12-16(18(23)25-11-13-7-3-2-4-8-13)17(22-19(24)21-12)14-9-5-6-10-15(14)20/h2-10,16-17H,1,11H2,(H2,21,22,24). The highest BCUT2D eigenvalue weighted by molar-refractivity contribution is 5.85. The highest BCUT2D eigenvalue weighted by atomic mass is 19.1. The third kappa shape index (κ3) is 3.68. The summed E-state index contributed by atoms with van der Waals surface area (Å²) >= 11 is 0. The summed E-state index contributed by atoms with van der Waals surface area (Å²) in [5.74, 6) is -2.03. The molecule has 5 nitrogen and oxygen atoms in total. The molecule has 2 unspecified atom stereocenters. The molecule has 2 aromatic carbocycles. The average molecular weight is 340 g/mol. The molecule has 2 atom stereocenters. The van der Waals surface area contributed by atoms with Crippen LogP contribution in [-0.4, -0.2) is 12.0 Å². The van der Waals surface area contributed by atoms with Crippen molar-refractivity contribution in [1.82, 2.24) is 10.6 Å². The second kappa shape index (κ2) is 7.17. The van der Waals surface area contributed by atoms with Gasteiger partial charge in [-0.1, -0.05) is 55.1 Å². The molecule has 1 heterocycles. The lowest BCUT2D eigenvalue weighted by Gasteiger charge is -2.33. The minimum absolute atomic E-state index is 0.0847. The molecule has 6 heteroatoms. The van der Waals surface area contributed by atoms with Crippen LogP contribution in [0.3, 0.4) is 0 Å². The van der Waals surface area contributed by atoms with Crippen LogP contribution in [-0.2, 0) is 16.1 Å². The van der Waals surface area contributed by atoms with Gasteiger partial charge in [0.1, 0.15) is 18.3 Å². The monoisotopic (exact) mass is 340 g/mol. The van der Waals surface area contributed by atoms with Gasteiger partial charge in [-0.05, 0) is 11.6 Å². The van der Waals surface area contributed by atoms with Gasteiger partial charge in [0.25, 0.3) is 0 Å². The molecule has 0 bridgehead atoms. The Morgan fingerprint density at radius 3 is 2.52 bits per heavy atom. The Hall–Kier alpha value is -3.15. The molecule has 1 aliphatic heterocycles. The lowest BCUT2D eigenvalue weighted by Crippen LogP contribution is -2.51. The number of urea groups is 1. The SMILES string of the molecule is C=C1NC(=O)NC(c2ccccc2F)C1C(=O)OCc1ccccc1. The molecule has 1 saturated heterocycles. The molecule has 3 rings (SSSR count). The van der Waals surface area contributed by atoms with Crippen LogP contribution in [0.4, 0.5) is 9.18 Å². The molecule has 128 valence electrons. The van der Waals surface area contributed by atoms with Gasteiger partial charge >= 0.3 is 12.0 Å². The van der Waals surface area contributed by atoms with Crippen molar-refractivity contribution in [2.75, 3.05) is 0 Å². The Labute approximate surface area is 144 Å². The van der Waals surface area contributed by atoms with E-state index in [-0.39, 0.29) is 17.9 Å². The Morgan fingerprint density at radius 2 is 1.80 bits per heavy atom. The predicted molar refractivity (Wildman–Crippen MR) is 89.7 cm³/mol. The van der Waals surface area contributed by atoms with Crippen molar-refractivity contribution in [3.8, 4) is 0 Å². The number of hydrogen-bond donors (Lipinski definition) is 2. The van der Waals surface area contributed by atoms with Crippen molar-refractivity contribution in [1.29, 1.82) is 0 Å². The Bertz CT molecular complexity index is 807. The van der Waals surface area contributed by atoms with Crippen molar-refractivity contribution in [3.63, 3.8) is 0 Å². The van der Waals surface area contributed by atoms with Crippen molar-refractivity contribution >= 4 is 12.0 Å². The largest absolute Gasteiger partial charge is 0.460 e. The molecule has 25 heavy (non-hydrogen) atoms. The first-order valence-corrected chi connectivity index (χ1v) is 7.77. The fourth-order valence-corrected chi connectivity index (χ4v) is 2.77. The molecule has 0 spiro atoms. The second-order valence-electron chi connectivity index (χ2n) is 5.69. The van der Waals surface area contributed by atoms with Crippen molar-refractivity contribution in [3.05, 3.63) is 83.8 Å². The van der Waals surface area contributed by atoms with Gasteiger partial charge in [-0.15, -0.1) is 0 Å². The Balaban J connectivity index is 1.82. The van der Waals surface area contributed by atoms with E-state index in [9.17, 15) is 14.0 Å². The molecule has 0 saturated carbocycles. The lowest BCUT2D eigenvalue weighted by molar-refractivity contribution is -0.149. The number of carbonyl (C=O) groups is 2. The van der Waals surface area contributed by atoms with Gasteiger partial charge in [-0.25, -0.2) is 9.18 Å². The maximum atomic E-state index is 14.2. The molecular formula is C19H17FN2O3. The van der Waals surface area contributed by atoms with Gasteiger partial charge in [-0.2, -0.15) is 0 Å². The number of nitrogens with one attached hydrogen (secondary N) is 2. The number of esters is 1. The molecule has 2 N–H and O–H groups in total. The van der Waals surface area contributed by atoms with Crippen LogP contribution in [0.25, 0.3) is 0 Å². The normalized spacial score (nSPS) is 19.7. The van der Waals surface area contributed by atoms with E-state index in [0.29, 0.717) is 0 Å². The number of halogens is 1. The van der Waals surface area contributed by atoms with E-state index < -0.39 is 29.8 Å². The number of benzene rings is 2. The van der Waals surface area contributed by atoms with Crippen molar-refractivity contribution in [2.24, 2.45) is 5.92 Å². The summed E-state index contributed by atoms with van der Waals surface area (Å²) in [6, 6.07) is 13.8. The summed E-state index contributed by atoms with van der Waals surface area (Å²) in [7, 11) is 0. The van der Waals surface area contributed by atoms with Crippen LogP contribution >= 0.6 is 0 Å². The van der Waals surface area contributed by atoms with Crippen LogP contribution < -0.4 is 10.6 Å². The number of rotatable bonds is 4. The lowest BCUT2D eigenvalue weighted by atomic mass is 9.89. The molecule has 0 aromatic heterocycles. The molecular weight excluding hydrogens is 323 g/mol. The first-order chi connectivity index (χ1) is 12.1. The highest BCUT2D eigenvalue weighted by Gasteiger charge is 2.39. The van der Waals surface area contributed by atoms with E-state index in [1.165, 1.54) is 12.1 Å². The molecule has 1 fully saturated rings. The third-order valence-electron chi connectivity index (χ3n) is 3.99. The van der Waals surface area contributed by atoms with Crippen LogP contribution in [0.2, 0.25) is 0 Å². The van der Waals surface area contributed by atoms with Crippen molar-refractivity contribution < 1.29 is 18.7 Å². The fraction of sp³-hybridized carbons (Fsp3) is 0.158. The number of hydrogen-bond acceptors (Lipinski definition) is 3. The number of carbonyl (C=O) groups excluding carboxylic acids is 2. The minimum Gasteiger partial charge on any atom is -0.460 e. The molecule has 1 aliphatic rings. The minimum atomic E-state index is -0.932. The van der Waals surface area contributed by atoms with Gasteiger partial charge < -0.3 is 15.4 Å². The highest BCUT2D eigenvalue weighted by Crippen LogP contribution is 2.31. The molecule has 2 amide bonds. The van der Waals surface area contributed by atoms with E-state index in [4.69, 9.17) is 4.74 Å². The van der Waals surface area contributed by atoms with Gasteiger partial charge in [0.2, 0.25) is 0 Å². The van der Waals surface area contributed by atoms with E-state index in [0.717, 1.165) is 5.56 Å². The van der Waals surface area contributed by atoms with E-state index in [1.807, 2.05) is 30.3 Å². The van der Waals surface area contributed by atoms with Crippen LogP contribution in [0.5, 0.6) is 0 Å². The first kappa shape index (κ1) is 16.7. The summed E-state index contributed by atoms with van der Waals surface area (Å²) in [6.45, 7) is 3.82. The van der Waals surface area contributed by atoms with Crippen LogP contribution in [0.1, 0.15) is 17.2 Å². The number of ether oxygens (including phenoxy) is 1. The predicted octanol–water partition coefficient (Wildman–Crippen LogP) is 3.05. The summed E-state index contributed by atoms with van der Waals surface area (Å²) in [4.78, 5) is 24.3. The zero-order chi connectivity index (χ0) is 17.8. The van der Waals surface area contributed by atoms with Crippen LogP contribution in [0, 0.1) is 11.7 Å². The Morgan fingerprint density at radius 1 is 1.12 bits per heavy atom. The molecule has 0 aliphatic carbocycles. The van der Waals surface area contributed by atoms with Gasteiger partial charge in [-0.3, -0.25) is 4.79 Å². The van der Waals surface area contributed by atoms with Gasteiger partial charge in [0, 0.05) is 11.3 Å². The van der Waals surface area contributed by atoms with Crippen molar-refractivity contribution in [2.45, 2.75) is 12.6 Å². The van der Waals surface area contributed by atoms with E-state index >= 15 is 0 Å². The average Bonchev–Trinajstić information content (AvgIpc) is 2.60. The number of amides is 2. The zero-order valence-electron chi connectivity index (χ0n) is 13.4. The van der Waals surface area contributed by atoms with Crippen LogP contribution in [0.15, 0.2) is 66.9 Å². The maximum Gasteiger partial charge on any atom is 0.319 e. The fourth-order valence-electron chi connectivity index (χ4n) is 2.77. The summed E-state index contributed by atoms with van der Waals surface area (Å²) < 4.78 is 19.5. The van der Waals surface area contributed by atoms with E-state index in [1.54, 1.807) is 12.1 Å². The first-order valence-electron chi connectivity index (χ1n) is 7.77. The smallest absolute Gasteiger partial charge is 0.319 e. The quantitative estimate of drug-likeness (QED) is 0.841. The molecule has 2 aromatic rings. The van der Waals surface area contributed by atoms with Gasteiger partial charge in [0.05, 0.1) is 6.04 Å². The summed E-state index contributed by atoms with van der Waals surface area (Å²) in [5.41, 5.74) is 1.21. The summed E-state index contributed by atoms with van der Waals surface area (Å²) in [6.07, 6.45) is 0. The Kier molecular flexibility index (Phi) is 4.79. The maximum absolute atomic E-state index is 14.2. The van der Waals surface area contributed by atoms with Gasteiger partial charge in [0.15, 0.2) is 0 Å². The third-order valence-corrected chi connectivity index (χ3v) is 3.99. The second-order valence-corrected chi connectivity index (χ2v) is 5.69. The topological polar surface area (TPSA) is 67.4 Å². The summed E-state index contributed by atoms with van der Waals surface area (Å²) in [5, 5.41) is 5.04. The van der Waals surface area contributed by atoms with E-state index in [2.05, 4.69) is 17.2 Å². The molecule has 0 radical (unpaired) electrons.